The average molecular weight is 159 g/mol. The predicted octanol–water partition coefficient (Wildman–Crippen LogP) is -0.954. The van der Waals surface area contributed by atoms with Crippen LogP contribution in [0.15, 0.2) is 36.5 Å². The SMILES string of the molecule is C=CC1=C(C=C)C[N-]C1.[K+]. The molecule has 1 rings (SSSR count). The maximum Gasteiger partial charge on any atom is 1.00 e. The van der Waals surface area contributed by atoms with Gasteiger partial charge in [-0.15, -0.1) is 13.1 Å². The minimum absolute atomic E-state index is 0. The first-order valence-electron chi connectivity index (χ1n) is 2.98. The molecule has 0 radical (unpaired) electrons. The summed E-state index contributed by atoms with van der Waals surface area (Å²) >= 11 is 0. The molecule has 1 aliphatic heterocycles. The molecule has 0 aromatic rings. The van der Waals surface area contributed by atoms with E-state index in [1.807, 2.05) is 12.2 Å². The third-order valence-electron chi connectivity index (χ3n) is 1.47. The van der Waals surface area contributed by atoms with Gasteiger partial charge >= 0.3 is 51.4 Å². The van der Waals surface area contributed by atoms with Crippen molar-refractivity contribution in [3.05, 3.63) is 41.8 Å². The van der Waals surface area contributed by atoms with Crippen molar-refractivity contribution >= 4 is 0 Å². The second kappa shape index (κ2) is 5.46. The van der Waals surface area contributed by atoms with Gasteiger partial charge in [0.25, 0.3) is 0 Å². The maximum atomic E-state index is 4.17. The third kappa shape index (κ3) is 2.45. The first-order valence-corrected chi connectivity index (χ1v) is 2.98. The Labute approximate surface area is 105 Å². The number of hydrogen-bond acceptors (Lipinski definition) is 0. The first-order chi connectivity index (χ1) is 4.38. The van der Waals surface area contributed by atoms with Gasteiger partial charge in [0.05, 0.1) is 0 Å². The molecule has 1 nitrogen and oxygen atoms in total. The minimum atomic E-state index is 0. The van der Waals surface area contributed by atoms with Crippen LogP contribution in [0.4, 0.5) is 0 Å². The molecular weight excluding hydrogens is 149 g/mol. The Hall–Kier alpha value is 0.816. The Bertz CT molecular complexity index is 152. The monoisotopic (exact) mass is 159 g/mol. The van der Waals surface area contributed by atoms with Crippen LogP contribution < -0.4 is 51.4 Å². The molecule has 0 amide bonds. The molecule has 0 aromatic heterocycles. The standard InChI is InChI=1S/C8H10N.K/c1-3-7-5-9-6-8(7)4-2;/h3-4H,1-2,5-6H2;/q-1;+1. The summed E-state index contributed by atoms with van der Waals surface area (Å²) in [5, 5.41) is 4.17. The van der Waals surface area contributed by atoms with Crippen LogP contribution in [0.5, 0.6) is 0 Å². The molecular formula is C8H10KN. The van der Waals surface area contributed by atoms with Crippen molar-refractivity contribution in [2.45, 2.75) is 0 Å². The predicted molar refractivity (Wildman–Crippen MR) is 40.5 cm³/mol. The van der Waals surface area contributed by atoms with Crippen molar-refractivity contribution in [3.8, 4) is 0 Å². The molecule has 0 atom stereocenters. The van der Waals surface area contributed by atoms with Gasteiger partial charge in [-0.05, 0) is 0 Å². The summed E-state index contributed by atoms with van der Waals surface area (Å²) in [5.41, 5.74) is 2.45. The van der Waals surface area contributed by atoms with Crippen molar-refractivity contribution in [2.75, 3.05) is 13.1 Å². The van der Waals surface area contributed by atoms with Crippen molar-refractivity contribution in [2.24, 2.45) is 0 Å². The van der Waals surface area contributed by atoms with Crippen LogP contribution in [0.3, 0.4) is 0 Å². The van der Waals surface area contributed by atoms with Gasteiger partial charge in [0.15, 0.2) is 0 Å². The zero-order chi connectivity index (χ0) is 6.69. The smallest absolute Gasteiger partial charge is 0.655 e. The van der Waals surface area contributed by atoms with Crippen molar-refractivity contribution < 1.29 is 51.4 Å². The van der Waals surface area contributed by atoms with E-state index in [1.165, 1.54) is 11.1 Å². The molecule has 1 aliphatic rings. The molecule has 0 N–H and O–H groups in total. The van der Waals surface area contributed by atoms with Crippen LogP contribution in [0, 0.1) is 0 Å². The van der Waals surface area contributed by atoms with Gasteiger partial charge in [0.2, 0.25) is 0 Å². The van der Waals surface area contributed by atoms with Gasteiger partial charge in [-0.2, -0.15) is 0 Å². The zero-order valence-corrected chi connectivity index (χ0v) is 9.55. The van der Waals surface area contributed by atoms with Crippen molar-refractivity contribution in [1.29, 1.82) is 0 Å². The first kappa shape index (κ1) is 10.8. The summed E-state index contributed by atoms with van der Waals surface area (Å²) in [6.07, 6.45) is 3.71. The summed E-state index contributed by atoms with van der Waals surface area (Å²) in [6, 6.07) is 0. The second-order valence-corrected chi connectivity index (χ2v) is 2.00. The van der Waals surface area contributed by atoms with E-state index in [0.29, 0.717) is 0 Å². The summed E-state index contributed by atoms with van der Waals surface area (Å²) in [4.78, 5) is 0. The van der Waals surface area contributed by atoms with E-state index in [9.17, 15) is 0 Å². The Morgan fingerprint density at radius 2 is 1.50 bits per heavy atom. The molecule has 0 saturated heterocycles. The summed E-state index contributed by atoms with van der Waals surface area (Å²) in [6.45, 7) is 9.00. The Morgan fingerprint density at radius 1 is 1.10 bits per heavy atom. The molecule has 0 saturated carbocycles. The van der Waals surface area contributed by atoms with Gasteiger partial charge in [-0.3, -0.25) is 0 Å². The van der Waals surface area contributed by atoms with E-state index >= 15 is 0 Å². The Balaban J connectivity index is 0.000000810. The summed E-state index contributed by atoms with van der Waals surface area (Å²) < 4.78 is 0. The second-order valence-electron chi connectivity index (χ2n) is 2.00. The van der Waals surface area contributed by atoms with Crippen LogP contribution in [-0.4, -0.2) is 13.1 Å². The summed E-state index contributed by atoms with van der Waals surface area (Å²) in [5.74, 6) is 0. The molecule has 48 valence electrons. The van der Waals surface area contributed by atoms with Crippen molar-refractivity contribution in [1.82, 2.24) is 0 Å². The van der Waals surface area contributed by atoms with Crippen LogP contribution in [0.1, 0.15) is 0 Å². The fourth-order valence-corrected chi connectivity index (χ4v) is 0.891. The largest absolute Gasteiger partial charge is 1.00 e. The van der Waals surface area contributed by atoms with Crippen molar-refractivity contribution in [3.63, 3.8) is 0 Å². The van der Waals surface area contributed by atoms with Crippen LogP contribution >= 0.6 is 0 Å². The van der Waals surface area contributed by atoms with E-state index < -0.39 is 0 Å². The van der Waals surface area contributed by atoms with Crippen LogP contribution in [0.2, 0.25) is 0 Å². The molecule has 0 spiro atoms. The maximum absolute atomic E-state index is 4.17. The summed E-state index contributed by atoms with van der Waals surface area (Å²) in [7, 11) is 0. The van der Waals surface area contributed by atoms with Gasteiger partial charge in [0, 0.05) is 0 Å². The van der Waals surface area contributed by atoms with E-state index in [1.54, 1.807) is 0 Å². The number of nitrogens with zero attached hydrogens (tertiary/aromatic N) is 1. The fourth-order valence-electron chi connectivity index (χ4n) is 0.891. The minimum Gasteiger partial charge on any atom is -0.655 e. The molecule has 0 aromatic carbocycles. The van der Waals surface area contributed by atoms with Crippen LogP contribution in [0.25, 0.3) is 5.32 Å². The average Bonchev–Trinajstić information content (AvgIpc) is 2.33. The molecule has 2 heteroatoms. The van der Waals surface area contributed by atoms with Gasteiger partial charge in [-0.1, -0.05) is 36.5 Å². The zero-order valence-electron chi connectivity index (χ0n) is 6.43. The van der Waals surface area contributed by atoms with E-state index in [4.69, 9.17) is 0 Å². The van der Waals surface area contributed by atoms with E-state index in [-0.39, 0.29) is 51.4 Å². The molecule has 0 aliphatic carbocycles. The normalized spacial score (nSPS) is 16.4. The van der Waals surface area contributed by atoms with E-state index in [0.717, 1.165) is 13.1 Å². The fraction of sp³-hybridized carbons (Fsp3) is 0.250. The van der Waals surface area contributed by atoms with Gasteiger partial charge in [0.1, 0.15) is 0 Å². The Kier molecular flexibility index (Phi) is 5.91. The van der Waals surface area contributed by atoms with Gasteiger partial charge < -0.3 is 5.32 Å². The molecule has 10 heavy (non-hydrogen) atoms. The molecule has 1 heterocycles. The molecule has 0 unspecified atom stereocenters. The molecule has 0 fully saturated rings. The topological polar surface area (TPSA) is 14.1 Å². The number of rotatable bonds is 2. The number of hydrogen-bond donors (Lipinski definition) is 0. The molecule has 0 bridgehead atoms. The third-order valence-corrected chi connectivity index (χ3v) is 1.47. The quantitative estimate of drug-likeness (QED) is 0.461. The van der Waals surface area contributed by atoms with Crippen LogP contribution in [-0.2, 0) is 0 Å². The van der Waals surface area contributed by atoms with E-state index in [2.05, 4.69) is 18.5 Å². The Morgan fingerprint density at radius 3 is 1.80 bits per heavy atom. The van der Waals surface area contributed by atoms with Gasteiger partial charge in [-0.25, -0.2) is 0 Å².